The second-order valence-corrected chi connectivity index (χ2v) is 6.24. The molecule has 0 bridgehead atoms. The number of alkyl carbamates (subject to hydrolysis) is 1. The smallest absolute Gasteiger partial charge is 0.408 e. The molecular formula is C17H25N3O4. The average molecular weight is 335 g/mol. The molecule has 7 nitrogen and oxygen atoms in total. The Morgan fingerprint density at radius 1 is 1.17 bits per heavy atom. The van der Waals surface area contributed by atoms with E-state index in [0.29, 0.717) is 13.0 Å². The summed E-state index contributed by atoms with van der Waals surface area (Å²) in [6, 6.07) is 6.77. The predicted molar refractivity (Wildman–Crippen MR) is 89.8 cm³/mol. The Labute approximate surface area is 142 Å². The topological polar surface area (TPSA) is 89.4 Å². The molecule has 0 spiro atoms. The number of azo groups is 1. The van der Waals surface area contributed by atoms with E-state index in [1.54, 1.807) is 27.8 Å². The van der Waals surface area contributed by atoms with Crippen LogP contribution in [0.15, 0.2) is 34.5 Å². The Bertz CT molecular complexity index is 576. The third-order valence-electron chi connectivity index (χ3n) is 3.03. The molecule has 0 heterocycles. The Balaban J connectivity index is 2.75. The summed E-state index contributed by atoms with van der Waals surface area (Å²) in [5.74, 6) is -0.523. The van der Waals surface area contributed by atoms with E-state index in [-0.39, 0.29) is 0 Å². The predicted octanol–water partition coefficient (Wildman–Crippen LogP) is 2.88. The Hall–Kier alpha value is -2.44. The number of rotatable bonds is 6. The number of amides is 1. The Morgan fingerprint density at radius 2 is 1.75 bits per heavy atom. The first-order chi connectivity index (χ1) is 11.2. The molecule has 0 aliphatic heterocycles. The van der Waals surface area contributed by atoms with Crippen LogP contribution in [0.1, 0.15) is 31.9 Å². The molecule has 1 unspecified atom stereocenters. The fourth-order valence-corrected chi connectivity index (χ4v) is 1.95. The van der Waals surface area contributed by atoms with Gasteiger partial charge < -0.3 is 14.8 Å². The number of hydrogen-bond acceptors (Lipinski definition) is 6. The van der Waals surface area contributed by atoms with Crippen molar-refractivity contribution in [2.75, 3.05) is 14.2 Å². The number of carbonyl (C=O) groups is 2. The van der Waals surface area contributed by atoms with Gasteiger partial charge in [0.15, 0.2) is 0 Å². The minimum Gasteiger partial charge on any atom is -0.467 e. The van der Waals surface area contributed by atoms with Crippen LogP contribution in [0.4, 0.5) is 4.79 Å². The van der Waals surface area contributed by atoms with Gasteiger partial charge in [0.1, 0.15) is 11.6 Å². The molecule has 0 radical (unpaired) electrons. The zero-order valence-corrected chi connectivity index (χ0v) is 14.8. The first-order valence-electron chi connectivity index (χ1n) is 7.66. The minimum atomic E-state index is -0.814. The van der Waals surface area contributed by atoms with Crippen molar-refractivity contribution < 1.29 is 19.1 Å². The second kappa shape index (κ2) is 9.00. The summed E-state index contributed by atoms with van der Waals surface area (Å²) in [7, 11) is 2.91. The number of benzene rings is 1. The molecule has 24 heavy (non-hydrogen) atoms. The molecule has 1 amide bonds. The van der Waals surface area contributed by atoms with Gasteiger partial charge in [-0.25, -0.2) is 9.59 Å². The van der Waals surface area contributed by atoms with Crippen LogP contribution in [0, 0.1) is 0 Å². The molecule has 0 aliphatic carbocycles. The number of hydrogen-bond donors (Lipinski definition) is 1. The molecule has 1 aromatic rings. The number of nitrogens with zero attached hydrogens (tertiary/aromatic N) is 2. The summed E-state index contributed by atoms with van der Waals surface area (Å²) < 4.78 is 9.94. The highest BCUT2D eigenvalue weighted by Gasteiger charge is 2.25. The maximum Gasteiger partial charge on any atom is 0.408 e. The summed E-state index contributed by atoms with van der Waals surface area (Å²) in [6.45, 7) is 5.78. The van der Waals surface area contributed by atoms with Gasteiger partial charge in [-0.05, 0) is 31.9 Å². The molecule has 0 saturated carbocycles. The van der Waals surface area contributed by atoms with Gasteiger partial charge in [0, 0.05) is 13.5 Å². The lowest BCUT2D eigenvalue weighted by atomic mass is 10.0. The molecule has 1 atom stereocenters. The minimum absolute atomic E-state index is 0.307. The standard InChI is InChI=1S/C17H25N3O4/c1-17(2,3)24-16(22)20-14(15(21)23-5)10-12-6-8-13(9-7-12)11-19-18-4/h6-9,14H,10-11H2,1-5H3,(H,20,22). The highest BCUT2D eigenvalue weighted by atomic mass is 16.6. The van der Waals surface area contributed by atoms with Crippen molar-refractivity contribution in [2.24, 2.45) is 10.2 Å². The summed E-state index contributed by atoms with van der Waals surface area (Å²) >= 11 is 0. The van der Waals surface area contributed by atoms with Crippen molar-refractivity contribution in [3.8, 4) is 0 Å². The van der Waals surface area contributed by atoms with E-state index in [4.69, 9.17) is 9.47 Å². The van der Waals surface area contributed by atoms with Crippen LogP contribution in [-0.2, 0) is 27.2 Å². The molecule has 0 aromatic heterocycles. The molecule has 1 N–H and O–H groups in total. The number of ether oxygens (including phenoxy) is 2. The largest absolute Gasteiger partial charge is 0.467 e. The van der Waals surface area contributed by atoms with Crippen molar-refractivity contribution in [1.82, 2.24) is 5.32 Å². The van der Waals surface area contributed by atoms with Crippen LogP contribution >= 0.6 is 0 Å². The van der Waals surface area contributed by atoms with Crippen LogP contribution in [0.5, 0.6) is 0 Å². The van der Waals surface area contributed by atoms with Gasteiger partial charge in [0.05, 0.1) is 13.7 Å². The number of carbonyl (C=O) groups excluding carboxylic acids is 2. The second-order valence-electron chi connectivity index (χ2n) is 6.24. The van der Waals surface area contributed by atoms with Crippen molar-refractivity contribution >= 4 is 12.1 Å². The number of methoxy groups -OCH3 is 1. The lowest BCUT2D eigenvalue weighted by Gasteiger charge is -2.22. The first-order valence-corrected chi connectivity index (χ1v) is 7.66. The molecule has 1 rings (SSSR count). The molecule has 0 aliphatic rings. The third kappa shape index (κ3) is 7.21. The molecule has 132 valence electrons. The van der Waals surface area contributed by atoms with E-state index in [2.05, 4.69) is 15.5 Å². The van der Waals surface area contributed by atoms with E-state index < -0.39 is 23.7 Å². The zero-order chi connectivity index (χ0) is 18.2. The zero-order valence-electron chi connectivity index (χ0n) is 14.8. The maximum absolute atomic E-state index is 11.9. The summed E-state index contributed by atoms with van der Waals surface area (Å²) in [5.41, 5.74) is 1.26. The van der Waals surface area contributed by atoms with Crippen LogP contribution in [-0.4, -0.2) is 37.9 Å². The normalized spacial score (nSPS) is 12.7. The molecule has 0 fully saturated rings. The van der Waals surface area contributed by atoms with Gasteiger partial charge in [0.2, 0.25) is 0 Å². The van der Waals surface area contributed by atoms with E-state index >= 15 is 0 Å². The van der Waals surface area contributed by atoms with Crippen LogP contribution < -0.4 is 5.32 Å². The van der Waals surface area contributed by atoms with Crippen molar-refractivity contribution in [1.29, 1.82) is 0 Å². The van der Waals surface area contributed by atoms with Gasteiger partial charge in [0.25, 0.3) is 0 Å². The van der Waals surface area contributed by atoms with Crippen molar-refractivity contribution in [2.45, 2.75) is 45.4 Å². The number of nitrogens with one attached hydrogen (secondary N) is 1. The fourth-order valence-electron chi connectivity index (χ4n) is 1.95. The summed E-state index contributed by atoms with van der Waals surface area (Å²) in [6.07, 6.45) is -0.348. The first kappa shape index (κ1) is 19.6. The fraction of sp³-hybridized carbons (Fsp3) is 0.529. The van der Waals surface area contributed by atoms with Gasteiger partial charge in [-0.2, -0.15) is 10.2 Å². The number of esters is 1. The molecule has 7 heteroatoms. The van der Waals surface area contributed by atoms with Gasteiger partial charge in [-0.1, -0.05) is 24.3 Å². The summed E-state index contributed by atoms with van der Waals surface area (Å²) in [4.78, 5) is 23.8. The van der Waals surface area contributed by atoms with E-state index in [1.807, 2.05) is 24.3 Å². The molecular weight excluding hydrogens is 310 g/mol. The molecule has 1 aromatic carbocycles. The van der Waals surface area contributed by atoms with E-state index in [0.717, 1.165) is 11.1 Å². The van der Waals surface area contributed by atoms with Crippen molar-refractivity contribution in [3.63, 3.8) is 0 Å². The highest BCUT2D eigenvalue weighted by Crippen LogP contribution is 2.11. The summed E-state index contributed by atoms with van der Waals surface area (Å²) in [5, 5.41) is 10.2. The Morgan fingerprint density at radius 3 is 2.25 bits per heavy atom. The lowest BCUT2D eigenvalue weighted by Crippen LogP contribution is -2.45. The van der Waals surface area contributed by atoms with E-state index in [1.165, 1.54) is 7.11 Å². The lowest BCUT2D eigenvalue weighted by molar-refractivity contribution is -0.143. The van der Waals surface area contributed by atoms with Gasteiger partial charge in [-0.15, -0.1) is 0 Å². The molecule has 0 saturated heterocycles. The van der Waals surface area contributed by atoms with Gasteiger partial charge in [-0.3, -0.25) is 0 Å². The Kier molecular flexibility index (Phi) is 7.35. The van der Waals surface area contributed by atoms with Crippen molar-refractivity contribution in [3.05, 3.63) is 35.4 Å². The van der Waals surface area contributed by atoms with Crippen LogP contribution in [0.25, 0.3) is 0 Å². The van der Waals surface area contributed by atoms with Crippen LogP contribution in [0.3, 0.4) is 0 Å². The van der Waals surface area contributed by atoms with Crippen LogP contribution in [0.2, 0.25) is 0 Å². The average Bonchev–Trinajstić information content (AvgIpc) is 2.51. The monoisotopic (exact) mass is 335 g/mol. The van der Waals surface area contributed by atoms with E-state index in [9.17, 15) is 9.59 Å². The van der Waals surface area contributed by atoms with Gasteiger partial charge >= 0.3 is 12.1 Å². The third-order valence-corrected chi connectivity index (χ3v) is 3.03. The highest BCUT2D eigenvalue weighted by molar-refractivity contribution is 5.81. The SMILES string of the molecule is CN=NCc1ccc(CC(NC(=O)OC(C)(C)C)C(=O)OC)cc1. The quantitative estimate of drug-likeness (QED) is 0.639. The maximum atomic E-state index is 11.9.